The monoisotopic (exact) mass is 203 g/mol. The Morgan fingerprint density at radius 1 is 1.60 bits per heavy atom. The molecule has 1 aliphatic rings. The van der Waals surface area contributed by atoms with Crippen molar-refractivity contribution in [1.29, 1.82) is 5.26 Å². The van der Waals surface area contributed by atoms with Gasteiger partial charge in [-0.15, -0.1) is 0 Å². The van der Waals surface area contributed by atoms with E-state index in [0.29, 0.717) is 5.75 Å². The van der Waals surface area contributed by atoms with Crippen LogP contribution in [0.4, 0.5) is 0 Å². The van der Waals surface area contributed by atoms with Gasteiger partial charge in [-0.2, -0.15) is 5.26 Å². The van der Waals surface area contributed by atoms with E-state index >= 15 is 0 Å². The Morgan fingerprint density at radius 2 is 2.40 bits per heavy atom. The topological polar surface area (TPSA) is 53.2 Å². The molecule has 1 aliphatic carbocycles. The molecule has 3 heteroatoms. The van der Waals surface area contributed by atoms with E-state index in [4.69, 9.17) is 10.00 Å². The number of hydrogen-bond acceptors (Lipinski definition) is 3. The van der Waals surface area contributed by atoms with Gasteiger partial charge in [0.2, 0.25) is 0 Å². The maximum absolute atomic E-state index is 9.61. The van der Waals surface area contributed by atoms with Crippen molar-refractivity contribution >= 4 is 0 Å². The molecule has 1 unspecified atom stereocenters. The highest BCUT2D eigenvalue weighted by atomic mass is 16.5. The number of aryl methyl sites for hydroxylation is 1. The number of rotatable bonds is 2. The van der Waals surface area contributed by atoms with Crippen LogP contribution in [0, 0.1) is 11.3 Å². The second-order valence-electron chi connectivity index (χ2n) is 3.80. The number of aliphatic hydroxyl groups excluding tert-OH is 1. The standard InChI is InChI=1S/C12H13NO2/c1-8(7-13)15-10-3-4-11-9(6-10)2-5-12(11)14/h3-4,6,8,12,14H,2,5H2,1H3/t8?,12-/m0/s1. The Balaban J connectivity index is 2.20. The fraction of sp³-hybridized carbons (Fsp3) is 0.417. The van der Waals surface area contributed by atoms with Gasteiger partial charge >= 0.3 is 0 Å². The zero-order chi connectivity index (χ0) is 10.8. The number of nitriles is 1. The third-order valence-electron chi connectivity index (χ3n) is 2.66. The van der Waals surface area contributed by atoms with E-state index in [1.54, 1.807) is 13.0 Å². The van der Waals surface area contributed by atoms with Gasteiger partial charge in [-0.25, -0.2) is 0 Å². The third-order valence-corrected chi connectivity index (χ3v) is 2.66. The minimum absolute atomic E-state index is 0.331. The number of ether oxygens (including phenoxy) is 1. The van der Waals surface area contributed by atoms with Crippen LogP contribution in [0.3, 0.4) is 0 Å². The maximum atomic E-state index is 9.61. The lowest BCUT2D eigenvalue weighted by atomic mass is 10.1. The van der Waals surface area contributed by atoms with Crippen LogP contribution in [0.25, 0.3) is 0 Å². The summed E-state index contributed by atoms with van der Waals surface area (Å²) in [6.45, 7) is 1.71. The smallest absolute Gasteiger partial charge is 0.181 e. The average molecular weight is 203 g/mol. The Labute approximate surface area is 88.9 Å². The van der Waals surface area contributed by atoms with Gasteiger partial charge in [0.1, 0.15) is 11.8 Å². The molecular formula is C12H13NO2. The number of fused-ring (bicyclic) bond motifs is 1. The predicted molar refractivity (Wildman–Crippen MR) is 55.4 cm³/mol. The summed E-state index contributed by atoms with van der Waals surface area (Å²) in [6, 6.07) is 7.62. The van der Waals surface area contributed by atoms with Crippen molar-refractivity contribution in [2.45, 2.75) is 32.0 Å². The van der Waals surface area contributed by atoms with Crippen LogP contribution in [-0.4, -0.2) is 11.2 Å². The first-order valence-electron chi connectivity index (χ1n) is 5.08. The molecule has 78 valence electrons. The normalized spacial score (nSPS) is 20.5. The zero-order valence-electron chi connectivity index (χ0n) is 8.60. The van der Waals surface area contributed by atoms with Gasteiger partial charge in [0.05, 0.1) is 6.10 Å². The maximum Gasteiger partial charge on any atom is 0.181 e. The van der Waals surface area contributed by atoms with E-state index < -0.39 is 6.10 Å². The van der Waals surface area contributed by atoms with Crippen molar-refractivity contribution < 1.29 is 9.84 Å². The van der Waals surface area contributed by atoms with Crippen molar-refractivity contribution in [3.63, 3.8) is 0 Å². The highest BCUT2D eigenvalue weighted by Crippen LogP contribution is 2.33. The summed E-state index contributed by atoms with van der Waals surface area (Å²) in [6.07, 6.45) is 0.901. The molecule has 1 aromatic rings. The molecular weight excluding hydrogens is 190 g/mol. The van der Waals surface area contributed by atoms with Crippen LogP contribution in [0.5, 0.6) is 5.75 Å². The summed E-state index contributed by atoms with van der Waals surface area (Å²) in [5.41, 5.74) is 2.12. The summed E-state index contributed by atoms with van der Waals surface area (Å²) < 4.78 is 5.38. The molecule has 0 bridgehead atoms. The molecule has 0 spiro atoms. The molecule has 3 nitrogen and oxygen atoms in total. The largest absolute Gasteiger partial charge is 0.476 e. The first-order chi connectivity index (χ1) is 7.20. The molecule has 2 atom stereocenters. The lowest BCUT2D eigenvalue weighted by Gasteiger charge is -2.09. The van der Waals surface area contributed by atoms with Crippen LogP contribution in [-0.2, 0) is 6.42 Å². The molecule has 0 aliphatic heterocycles. The molecule has 0 fully saturated rings. The van der Waals surface area contributed by atoms with E-state index in [0.717, 1.165) is 24.0 Å². The molecule has 0 heterocycles. The molecule has 0 aromatic heterocycles. The highest BCUT2D eigenvalue weighted by molar-refractivity contribution is 5.40. The summed E-state index contributed by atoms with van der Waals surface area (Å²) >= 11 is 0. The lowest BCUT2D eigenvalue weighted by molar-refractivity contribution is 0.180. The summed E-state index contributed by atoms with van der Waals surface area (Å²) in [5, 5.41) is 18.2. The van der Waals surface area contributed by atoms with Crippen LogP contribution >= 0.6 is 0 Å². The van der Waals surface area contributed by atoms with Gasteiger partial charge in [0.25, 0.3) is 0 Å². The number of aliphatic hydroxyl groups is 1. The van der Waals surface area contributed by atoms with Crippen molar-refractivity contribution in [3.8, 4) is 11.8 Å². The number of benzene rings is 1. The first-order valence-corrected chi connectivity index (χ1v) is 5.08. The Hall–Kier alpha value is -1.53. The van der Waals surface area contributed by atoms with E-state index in [1.165, 1.54) is 0 Å². The number of nitrogens with zero attached hydrogens (tertiary/aromatic N) is 1. The lowest BCUT2D eigenvalue weighted by Crippen LogP contribution is -2.08. The predicted octanol–water partition coefficient (Wildman–Crippen LogP) is 1.96. The van der Waals surface area contributed by atoms with Gasteiger partial charge in [-0.1, -0.05) is 6.07 Å². The summed E-state index contributed by atoms with van der Waals surface area (Å²) in [5.74, 6) is 0.705. The molecule has 0 amide bonds. The molecule has 2 rings (SSSR count). The fourth-order valence-electron chi connectivity index (χ4n) is 1.88. The Bertz CT molecular complexity index is 409. The molecule has 1 N–H and O–H groups in total. The number of hydrogen-bond donors (Lipinski definition) is 1. The summed E-state index contributed by atoms with van der Waals surface area (Å²) in [4.78, 5) is 0. The van der Waals surface area contributed by atoms with E-state index in [2.05, 4.69) is 0 Å². The second kappa shape index (κ2) is 3.92. The van der Waals surface area contributed by atoms with Gasteiger partial charge in [0, 0.05) is 0 Å². The van der Waals surface area contributed by atoms with Gasteiger partial charge in [0.15, 0.2) is 6.10 Å². The third kappa shape index (κ3) is 1.95. The van der Waals surface area contributed by atoms with E-state index in [9.17, 15) is 5.11 Å². The van der Waals surface area contributed by atoms with E-state index in [-0.39, 0.29) is 6.10 Å². The Kier molecular flexibility index (Phi) is 2.61. The Morgan fingerprint density at radius 3 is 3.13 bits per heavy atom. The summed E-state index contributed by atoms with van der Waals surface area (Å²) in [7, 11) is 0. The molecule has 15 heavy (non-hydrogen) atoms. The molecule has 0 saturated heterocycles. The van der Waals surface area contributed by atoms with Crippen molar-refractivity contribution in [3.05, 3.63) is 29.3 Å². The fourth-order valence-corrected chi connectivity index (χ4v) is 1.88. The van der Waals surface area contributed by atoms with Crippen molar-refractivity contribution in [2.24, 2.45) is 0 Å². The van der Waals surface area contributed by atoms with Crippen LogP contribution in [0.15, 0.2) is 18.2 Å². The second-order valence-corrected chi connectivity index (χ2v) is 3.80. The average Bonchev–Trinajstić information content (AvgIpc) is 2.60. The van der Waals surface area contributed by atoms with Crippen molar-refractivity contribution in [1.82, 2.24) is 0 Å². The molecule has 1 aromatic carbocycles. The first kappa shape index (κ1) is 10.0. The minimum atomic E-state index is -0.436. The minimum Gasteiger partial charge on any atom is -0.476 e. The van der Waals surface area contributed by atoms with Gasteiger partial charge < -0.3 is 9.84 Å². The van der Waals surface area contributed by atoms with E-state index in [1.807, 2.05) is 18.2 Å². The molecule has 0 saturated carbocycles. The SMILES string of the molecule is CC(C#N)Oc1ccc2c(c1)CC[C@@H]2O. The van der Waals surface area contributed by atoms with Gasteiger partial charge in [-0.05, 0) is 43.0 Å². The van der Waals surface area contributed by atoms with Gasteiger partial charge in [-0.3, -0.25) is 0 Å². The zero-order valence-corrected chi connectivity index (χ0v) is 8.60. The van der Waals surface area contributed by atoms with Crippen molar-refractivity contribution in [2.75, 3.05) is 0 Å². The highest BCUT2D eigenvalue weighted by Gasteiger charge is 2.20. The van der Waals surface area contributed by atoms with Crippen LogP contribution < -0.4 is 4.74 Å². The molecule has 0 radical (unpaired) electrons. The van der Waals surface area contributed by atoms with Crippen LogP contribution in [0.2, 0.25) is 0 Å². The quantitative estimate of drug-likeness (QED) is 0.799. The van der Waals surface area contributed by atoms with Crippen LogP contribution in [0.1, 0.15) is 30.6 Å².